The van der Waals surface area contributed by atoms with E-state index in [1.165, 1.54) is 36.4 Å². The first-order valence-electron chi connectivity index (χ1n) is 7.72. The normalized spacial score (nSPS) is 23.2. The van der Waals surface area contributed by atoms with E-state index in [-0.39, 0.29) is 0 Å². The van der Waals surface area contributed by atoms with Gasteiger partial charge in [-0.2, -0.15) is 0 Å². The maximum absolute atomic E-state index is 12.0. The van der Waals surface area contributed by atoms with Crippen molar-refractivity contribution in [3.63, 3.8) is 0 Å². The molecule has 0 spiro atoms. The van der Waals surface area contributed by atoms with Crippen LogP contribution in [-0.2, 0) is 10.0 Å². The maximum atomic E-state index is 12.0. The van der Waals surface area contributed by atoms with Gasteiger partial charge in [0.05, 0.1) is 4.90 Å². The van der Waals surface area contributed by atoms with Crippen molar-refractivity contribution in [1.82, 2.24) is 4.31 Å². The molecule has 5 heteroatoms. The molecule has 0 heterocycles. The van der Waals surface area contributed by atoms with Gasteiger partial charge in [-0.05, 0) is 55.9 Å². The molecule has 2 rings (SSSR count). The van der Waals surface area contributed by atoms with Gasteiger partial charge in [0.1, 0.15) is 0 Å². The Hall–Kier alpha value is -1.07. The van der Waals surface area contributed by atoms with Crippen molar-refractivity contribution in [2.75, 3.05) is 19.4 Å². The number of benzene rings is 1. The molecule has 118 valence electrons. The van der Waals surface area contributed by atoms with Crippen LogP contribution in [0.15, 0.2) is 29.2 Å². The fourth-order valence-electron chi connectivity index (χ4n) is 2.88. The molecule has 1 aliphatic carbocycles. The monoisotopic (exact) mass is 310 g/mol. The molecule has 1 aromatic carbocycles. The summed E-state index contributed by atoms with van der Waals surface area (Å²) in [5.74, 6) is 0.885. The standard InChI is InChI=1S/C16H26N2O2S/c1-4-13-5-7-14(8-6-13)17-15-9-11-16(12-10-15)21(19,20)18(2)3/h9-14,17H,4-8H2,1-3H3. The first-order valence-corrected chi connectivity index (χ1v) is 9.16. The van der Waals surface area contributed by atoms with Gasteiger partial charge < -0.3 is 5.32 Å². The molecular weight excluding hydrogens is 284 g/mol. The van der Waals surface area contributed by atoms with Crippen molar-refractivity contribution in [3.05, 3.63) is 24.3 Å². The molecule has 0 unspecified atom stereocenters. The Labute approximate surface area is 128 Å². The van der Waals surface area contributed by atoms with E-state index in [4.69, 9.17) is 0 Å². The van der Waals surface area contributed by atoms with Crippen LogP contribution in [0.3, 0.4) is 0 Å². The Bertz CT molecular complexity index is 544. The zero-order valence-corrected chi connectivity index (χ0v) is 14.0. The molecule has 21 heavy (non-hydrogen) atoms. The lowest BCUT2D eigenvalue weighted by atomic mass is 9.84. The van der Waals surface area contributed by atoms with Crippen LogP contribution < -0.4 is 5.32 Å². The van der Waals surface area contributed by atoms with E-state index >= 15 is 0 Å². The molecule has 4 nitrogen and oxygen atoms in total. The quantitative estimate of drug-likeness (QED) is 0.907. The van der Waals surface area contributed by atoms with E-state index in [0.29, 0.717) is 10.9 Å². The van der Waals surface area contributed by atoms with E-state index < -0.39 is 10.0 Å². The second-order valence-corrected chi connectivity index (χ2v) is 8.23. The summed E-state index contributed by atoms with van der Waals surface area (Å²) in [7, 11) is -0.233. The SMILES string of the molecule is CCC1CCC(Nc2ccc(S(=O)(=O)N(C)C)cc2)CC1. The molecule has 1 fully saturated rings. The number of rotatable bonds is 5. The summed E-state index contributed by atoms with van der Waals surface area (Å²) in [6.07, 6.45) is 6.28. The topological polar surface area (TPSA) is 49.4 Å². The second-order valence-electron chi connectivity index (χ2n) is 6.08. The van der Waals surface area contributed by atoms with Crippen LogP contribution in [0.2, 0.25) is 0 Å². The molecule has 0 bridgehead atoms. The Morgan fingerprint density at radius 3 is 2.14 bits per heavy atom. The lowest BCUT2D eigenvalue weighted by Crippen LogP contribution is -2.26. The number of nitrogens with zero attached hydrogens (tertiary/aromatic N) is 1. The minimum Gasteiger partial charge on any atom is -0.382 e. The predicted octanol–water partition coefficient (Wildman–Crippen LogP) is 3.32. The van der Waals surface area contributed by atoms with Gasteiger partial charge in [0.2, 0.25) is 10.0 Å². The Balaban J connectivity index is 1.97. The molecule has 1 aliphatic rings. The van der Waals surface area contributed by atoms with E-state index in [2.05, 4.69) is 12.2 Å². The number of hydrogen-bond donors (Lipinski definition) is 1. The van der Waals surface area contributed by atoms with E-state index in [1.54, 1.807) is 26.2 Å². The van der Waals surface area contributed by atoms with Gasteiger partial charge in [-0.1, -0.05) is 13.3 Å². The third-order valence-electron chi connectivity index (χ3n) is 4.43. The van der Waals surface area contributed by atoms with Gasteiger partial charge in [0, 0.05) is 25.8 Å². The van der Waals surface area contributed by atoms with Crippen molar-refractivity contribution in [1.29, 1.82) is 0 Å². The first kappa shape index (κ1) is 16.3. The summed E-state index contributed by atoms with van der Waals surface area (Å²) >= 11 is 0. The molecule has 0 aliphatic heterocycles. The lowest BCUT2D eigenvalue weighted by molar-refractivity contribution is 0.330. The summed E-state index contributed by atoms with van der Waals surface area (Å²) in [6, 6.07) is 7.60. The number of hydrogen-bond acceptors (Lipinski definition) is 3. The largest absolute Gasteiger partial charge is 0.382 e. The smallest absolute Gasteiger partial charge is 0.242 e. The zero-order chi connectivity index (χ0) is 15.5. The van der Waals surface area contributed by atoms with Crippen LogP contribution in [-0.4, -0.2) is 32.9 Å². The maximum Gasteiger partial charge on any atom is 0.242 e. The average Bonchev–Trinajstić information content (AvgIpc) is 2.48. The highest BCUT2D eigenvalue weighted by Gasteiger charge is 2.20. The van der Waals surface area contributed by atoms with Crippen LogP contribution in [0.25, 0.3) is 0 Å². The van der Waals surface area contributed by atoms with Crippen LogP contribution in [0, 0.1) is 5.92 Å². The van der Waals surface area contributed by atoms with E-state index in [0.717, 1.165) is 11.6 Å². The predicted molar refractivity (Wildman–Crippen MR) is 87.0 cm³/mol. The fraction of sp³-hybridized carbons (Fsp3) is 0.625. The molecule has 0 saturated heterocycles. The van der Waals surface area contributed by atoms with Crippen molar-refractivity contribution in [2.45, 2.75) is 50.0 Å². The third-order valence-corrected chi connectivity index (χ3v) is 6.26. The van der Waals surface area contributed by atoms with Crippen LogP contribution in [0.1, 0.15) is 39.0 Å². The Morgan fingerprint density at radius 1 is 1.10 bits per heavy atom. The molecular formula is C16H26N2O2S. The Kier molecular flexibility index (Phi) is 5.27. The molecule has 0 aromatic heterocycles. The molecule has 1 N–H and O–H groups in total. The molecule has 0 radical (unpaired) electrons. The average molecular weight is 310 g/mol. The zero-order valence-electron chi connectivity index (χ0n) is 13.2. The van der Waals surface area contributed by atoms with Gasteiger partial charge in [-0.3, -0.25) is 0 Å². The summed E-state index contributed by atoms with van der Waals surface area (Å²) < 4.78 is 25.3. The first-order chi connectivity index (χ1) is 9.93. The lowest BCUT2D eigenvalue weighted by Gasteiger charge is -2.29. The van der Waals surface area contributed by atoms with Gasteiger partial charge in [0.15, 0.2) is 0 Å². The van der Waals surface area contributed by atoms with Crippen molar-refractivity contribution in [3.8, 4) is 0 Å². The van der Waals surface area contributed by atoms with E-state index in [9.17, 15) is 8.42 Å². The summed E-state index contributed by atoms with van der Waals surface area (Å²) in [4.78, 5) is 0.341. The molecule has 0 atom stereocenters. The highest BCUT2D eigenvalue weighted by molar-refractivity contribution is 7.89. The summed E-state index contributed by atoms with van der Waals surface area (Å²) in [5, 5.41) is 3.52. The minimum atomic E-state index is -3.33. The third kappa shape index (κ3) is 3.98. The molecule has 0 amide bonds. The van der Waals surface area contributed by atoms with Crippen LogP contribution in [0.5, 0.6) is 0 Å². The second kappa shape index (κ2) is 6.79. The van der Waals surface area contributed by atoms with Gasteiger partial charge in [-0.15, -0.1) is 0 Å². The number of nitrogens with one attached hydrogen (secondary N) is 1. The number of anilines is 1. The molecule has 1 aromatic rings. The van der Waals surface area contributed by atoms with Crippen LogP contribution >= 0.6 is 0 Å². The van der Waals surface area contributed by atoms with Crippen molar-refractivity contribution < 1.29 is 8.42 Å². The van der Waals surface area contributed by atoms with E-state index in [1.807, 2.05) is 12.1 Å². The highest BCUT2D eigenvalue weighted by atomic mass is 32.2. The van der Waals surface area contributed by atoms with Gasteiger partial charge >= 0.3 is 0 Å². The summed E-state index contributed by atoms with van der Waals surface area (Å²) in [5.41, 5.74) is 1.01. The van der Waals surface area contributed by atoms with Gasteiger partial charge in [0.25, 0.3) is 0 Å². The molecule has 1 saturated carbocycles. The van der Waals surface area contributed by atoms with Crippen molar-refractivity contribution >= 4 is 15.7 Å². The highest BCUT2D eigenvalue weighted by Crippen LogP contribution is 2.28. The minimum absolute atomic E-state index is 0.341. The fourth-order valence-corrected chi connectivity index (χ4v) is 3.79. The summed E-state index contributed by atoms with van der Waals surface area (Å²) in [6.45, 7) is 2.27. The van der Waals surface area contributed by atoms with Crippen LogP contribution in [0.4, 0.5) is 5.69 Å². The van der Waals surface area contributed by atoms with Gasteiger partial charge in [-0.25, -0.2) is 12.7 Å². The van der Waals surface area contributed by atoms with Crippen molar-refractivity contribution in [2.24, 2.45) is 5.92 Å². The number of sulfonamides is 1. The Morgan fingerprint density at radius 2 is 1.67 bits per heavy atom.